The molecule has 2 saturated carbocycles. The molecule has 0 bridgehead atoms. The van der Waals surface area contributed by atoms with E-state index in [1.807, 2.05) is 0 Å². The van der Waals surface area contributed by atoms with Gasteiger partial charge in [0.1, 0.15) is 5.75 Å². The molecule has 2 aliphatic carbocycles. The van der Waals surface area contributed by atoms with Crippen molar-refractivity contribution < 1.29 is 14.2 Å². The molecule has 26 heavy (non-hydrogen) atoms. The van der Waals surface area contributed by atoms with Crippen molar-refractivity contribution in [2.75, 3.05) is 40.0 Å². The van der Waals surface area contributed by atoms with E-state index in [0.717, 1.165) is 37.7 Å². The Morgan fingerprint density at radius 3 is 2.77 bits per heavy atom. The van der Waals surface area contributed by atoms with Gasteiger partial charge in [-0.05, 0) is 61.8 Å². The van der Waals surface area contributed by atoms with Crippen molar-refractivity contribution in [2.24, 2.45) is 11.8 Å². The predicted molar refractivity (Wildman–Crippen MR) is 100 cm³/mol. The highest BCUT2D eigenvalue weighted by Crippen LogP contribution is 2.54. The van der Waals surface area contributed by atoms with E-state index in [9.17, 15) is 0 Å². The molecule has 4 fully saturated rings. The summed E-state index contributed by atoms with van der Waals surface area (Å²) in [5, 5.41) is 0. The quantitative estimate of drug-likeness (QED) is 0.824. The molecular weight excluding hydrogens is 326 g/mol. The van der Waals surface area contributed by atoms with Crippen LogP contribution in [0.2, 0.25) is 0 Å². The molecule has 5 rings (SSSR count). The van der Waals surface area contributed by atoms with E-state index >= 15 is 0 Å². The van der Waals surface area contributed by atoms with Crippen LogP contribution in [0.4, 0.5) is 0 Å². The molecule has 2 heterocycles. The topological polar surface area (TPSA) is 30.9 Å². The first kappa shape index (κ1) is 17.0. The number of rotatable bonds is 4. The summed E-state index contributed by atoms with van der Waals surface area (Å²) in [4.78, 5) is 2.73. The van der Waals surface area contributed by atoms with Crippen molar-refractivity contribution in [2.45, 2.75) is 49.7 Å². The summed E-state index contributed by atoms with van der Waals surface area (Å²) in [5.74, 6) is 2.26. The minimum atomic E-state index is -0.349. The molecule has 0 amide bonds. The number of ether oxygens (including phenoxy) is 3. The molecule has 0 radical (unpaired) electrons. The molecule has 1 aromatic rings. The van der Waals surface area contributed by atoms with Gasteiger partial charge < -0.3 is 19.1 Å². The van der Waals surface area contributed by atoms with Crippen LogP contribution in [0.25, 0.3) is 0 Å². The molecule has 4 heteroatoms. The van der Waals surface area contributed by atoms with E-state index in [-0.39, 0.29) is 11.2 Å². The van der Waals surface area contributed by atoms with Gasteiger partial charge in [0.25, 0.3) is 0 Å². The van der Waals surface area contributed by atoms with Crippen molar-refractivity contribution in [3.63, 3.8) is 0 Å². The van der Waals surface area contributed by atoms with Gasteiger partial charge in [-0.2, -0.15) is 0 Å². The zero-order chi connectivity index (χ0) is 17.6. The third kappa shape index (κ3) is 2.96. The molecule has 1 unspecified atom stereocenters. The number of nitrogens with zero attached hydrogens (tertiary/aromatic N) is 1. The summed E-state index contributed by atoms with van der Waals surface area (Å²) >= 11 is 0. The first-order chi connectivity index (χ1) is 12.7. The van der Waals surface area contributed by atoms with Crippen LogP contribution in [0, 0.1) is 11.8 Å². The number of piperidine rings is 1. The summed E-state index contributed by atoms with van der Waals surface area (Å²) in [6.45, 7) is 5.21. The van der Waals surface area contributed by atoms with Gasteiger partial charge in [-0.25, -0.2) is 0 Å². The molecule has 0 aromatic heterocycles. The largest absolute Gasteiger partial charge is 0.497 e. The maximum absolute atomic E-state index is 6.17. The fourth-order valence-electron chi connectivity index (χ4n) is 5.69. The Balaban J connectivity index is 1.47. The number of likely N-dealkylation sites (tertiary alicyclic amines) is 1. The van der Waals surface area contributed by atoms with Gasteiger partial charge >= 0.3 is 0 Å². The van der Waals surface area contributed by atoms with Crippen molar-refractivity contribution in [1.29, 1.82) is 0 Å². The van der Waals surface area contributed by atoms with Crippen LogP contribution in [0.15, 0.2) is 24.3 Å². The second kappa shape index (κ2) is 6.50. The summed E-state index contributed by atoms with van der Waals surface area (Å²) < 4.78 is 17.9. The van der Waals surface area contributed by atoms with Crippen LogP contribution in [0.1, 0.15) is 44.1 Å². The summed E-state index contributed by atoms with van der Waals surface area (Å²) in [5.41, 5.74) is 1.57. The number of methoxy groups -OCH3 is 1. The highest BCUT2D eigenvalue weighted by Gasteiger charge is 2.55. The van der Waals surface area contributed by atoms with Crippen molar-refractivity contribution in [3.8, 4) is 5.75 Å². The lowest BCUT2D eigenvalue weighted by molar-refractivity contribution is -0.207. The zero-order valence-electron chi connectivity index (χ0n) is 15.9. The van der Waals surface area contributed by atoms with Crippen LogP contribution >= 0.6 is 0 Å². The molecule has 2 atom stereocenters. The Morgan fingerprint density at radius 1 is 1.15 bits per heavy atom. The van der Waals surface area contributed by atoms with Crippen molar-refractivity contribution in [1.82, 2.24) is 4.90 Å². The summed E-state index contributed by atoms with van der Waals surface area (Å²) in [7, 11) is 1.76. The third-order valence-corrected chi connectivity index (χ3v) is 7.26. The van der Waals surface area contributed by atoms with Crippen molar-refractivity contribution >= 4 is 0 Å². The predicted octanol–water partition coefficient (Wildman–Crippen LogP) is 3.59. The van der Waals surface area contributed by atoms with Gasteiger partial charge in [-0.3, -0.25) is 0 Å². The van der Waals surface area contributed by atoms with E-state index in [1.54, 1.807) is 7.11 Å². The molecular formula is C22H31NO3. The van der Waals surface area contributed by atoms with E-state index in [4.69, 9.17) is 14.2 Å². The highest BCUT2D eigenvalue weighted by atomic mass is 16.7. The Kier molecular flexibility index (Phi) is 4.26. The van der Waals surface area contributed by atoms with E-state index in [1.165, 1.54) is 50.9 Å². The average molecular weight is 357 g/mol. The molecule has 4 nitrogen and oxygen atoms in total. The lowest BCUT2D eigenvalue weighted by Crippen LogP contribution is -2.57. The molecule has 1 spiro atoms. The van der Waals surface area contributed by atoms with Gasteiger partial charge in [0.2, 0.25) is 0 Å². The Labute approximate surface area is 156 Å². The van der Waals surface area contributed by atoms with Gasteiger partial charge in [0.05, 0.1) is 20.3 Å². The maximum atomic E-state index is 6.17. The maximum Gasteiger partial charge on any atom is 0.169 e. The molecule has 4 aliphatic rings. The van der Waals surface area contributed by atoms with Crippen LogP contribution in [0.5, 0.6) is 5.75 Å². The van der Waals surface area contributed by atoms with Gasteiger partial charge in [-0.15, -0.1) is 0 Å². The molecule has 1 aromatic carbocycles. The monoisotopic (exact) mass is 357 g/mol. The molecule has 2 saturated heterocycles. The minimum Gasteiger partial charge on any atom is -0.497 e. The third-order valence-electron chi connectivity index (χ3n) is 7.26. The zero-order valence-corrected chi connectivity index (χ0v) is 15.9. The first-order valence-electron chi connectivity index (χ1n) is 10.4. The number of hydrogen-bond acceptors (Lipinski definition) is 4. The summed E-state index contributed by atoms with van der Waals surface area (Å²) in [6, 6.07) is 8.77. The van der Waals surface area contributed by atoms with Gasteiger partial charge in [0, 0.05) is 31.3 Å². The van der Waals surface area contributed by atoms with E-state index in [2.05, 4.69) is 29.2 Å². The molecule has 0 N–H and O–H groups in total. The fourth-order valence-corrected chi connectivity index (χ4v) is 5.69. The standard InChI is InChI=1S/C22H31NO3/c1-24-20-4-2-3-18(13-20)21-9-10-23(14-17-5-6-17)15-19(21)7-8-22(16-21)25-11-12-26-22/h2-4,13,17,19H,5-12,14-16H2,1H3/t19?,21-/m1/s1. The van der Waals surface area contributed by atoms with Crippen molar-refractivity contribution in [3.05, 3.63) is 29.8 Å². The lowest BCUT2D eigenvalue weighted by Gasteiger charge is -2.55. The second-order valence-corrected chi connectivity index (χ2v) is 8.86. The average Bonchev–Trinajstić information content (AvgIpc) is 3.39. The highest BCUT2D eigenvalue weighted by molar-refractivity contribution is 5.36. The normalized spacial score (nSPS) is 34.0. The van der Waals surface area contributed by atoms with Crippen LogP contribution in [-0.2, 0) is 14.9 Å². The first-order valence-corrected chi connectivity index (χ1v) is 10.4. The smallest absolute Gasteiger partial charge is 0.169 e. The fraction of sp³-hybridized carbons (Fsp3) is 0.727. The number of hydrogen-bond donors (Lipinski definition) is 0. The van der Waals surface area contributed by atoms with Crippen LogP contribution in [-0.4, -0.2) is 50.6 Å². The lowest BCUT2D eigenvalue weighted by atomic mass is 9.57. The van der Waals surface area contributed by atoms with Crippen LogP contribution in [0.3, 0.4) is 0 Å². The Bertz CT molecular complexity index is 653. The second-order valence-electron chi connectivity index (χ2n) is 8.86. The van der Waals surface area contributed by atoms with Gasteiger partial charge in [-0.1, -0.05) is 12.1 Å². The van der Waals surface area contributed by atoms with Gasteiger partial charge in [0.15, 0.2) is 5.79 Å². The Hall–Kier alpha value is -1.10. The SMILES string of the molecule is COc1cccc([C@]23CCN(CC4CC4)CC2CCC2(C3)OCCO2)c1. The molecule has 2 aliphatic heterocycles. The Morgan fingerprint density at radius 2 is 2.00 bits per heavy atom. The van der Waals surface area contributed by atoms with Crippen LogP contribution < -0.4 is 4.74 Å². The summed E-state index contributed by atoms with van der Waals surface area (Å²) in [6.07, 6.45) is 7.31. The molecule has 142 valence electrons. The number of benzene rings is 1. The number of fused-ring (bicyclic) bond motifs is 1. The minimum absolute atomic E-state index is 0.150. The van der Waals surface area contributed by atoms with E-state index in [0.29, 0.717) is 5.92 Å². The van der Waals surface area contributed by atoms with E-state index < -0.39 is 0 Å².